The summed E-state index contributed by atoms with van der Waals surface area (Å²) >= 11 is 0. The van der Waals surface area contributed by atoms with Gasteiger partial charge in [-0.3, -0.25) is 19.1 Å². The third-order valence-corrected chi connectivity index (χ3v) is 7.36. The molecule has 41 heavy (non-hydrogen) atoms. The highest BCUT2D eigenvalue weighted by Crippen LogP contribution is 2.25. The van der Waals surface area contributed by atoms with Crippen molar-refractivity contribution in [3.8, 4) is 0 Å². The standard InChI is InChI=1S/C30H32N4O5.2H2S/c1-32(26(22-7-3-2-4-8-22)19-33-13-12-24(35)18-33)28(36)16-20-10-11-27-25(15-20)34(30(38)39-27)17-21-6-5-9-23(14-21)29(31)37;;/h2-11,14-15,24,26,35H,12-13,16-19H2,1H3,(H2,31,37);2*1H2/t24-,26+;;/m0../s1. The quantitative estimate of drug-likeness (QED) is 0.307. The number of amides is 2. The molecule has 0 bridgehead atoms. The molecule has 9 nitrogen and oxygen atoms in total. The highest BCUT2D eigenvalue weighted by molar-refractivity contribution is 7.59. The molecule has 1 aliphatic rings. The van der Waals surface area contributed by atoms with Gasteiger partial charge in [-0.05, 0) is 47.4 Å². The number of aromatic nitrogens is 1. The first-order valence-corrected chi connectivity index (χ1v) is 13.0. The Morgan fingerprint density at radius 1 is 1.05 bits per heavy atom. The van der Waals surface area contributed by atoms with Gasteiger partial charge < -0.3 is 20.2 Å². The number of hydrogen-bond donors (Lipinski definition) is 2. The fourth-order valence-electron chi connectivity index (χ4n) is 5.20. The maximum Gasteiger partial charge on any atom is 0.420 e. The summed E-state index contributed by atoms with van der Waals surface area (Å²) in [5.74, 6) is -1.12. The number of benzene rings is 3. The van der Waals surface area contributed by atoms with Gasteiger partial charge in [0.1, 0.15) is 0 Å². The van der Waals surface area contributed by atoms with Gasteiger partial charge in [-0.2, -0.15) is 27.0 Å². The van der Waals surface area contributed by atoms with Crippen LogP contribution < -0.4 is 11.5 Å². The molecule has 0 spiro atoms. The lowest BCUT2D eigenvalue weighted by Gasteiger charge is -2.32. The van der Waals surface area contributed by atoms with Crippen molar-refractivity contribution in [1.82, 2.24) is 14.4 Å². The van der Waals surface area contributed by atoms with E-state index in [1.807, 2.05) is 43.4 Å². The fraction of sp³-hybridized carbons (Fsp3) is 0.300. The molecule has 4 aromatic rings. The molecule has 2 atom stereocenters. The Kier molecular flexibility index (Phi) is 10.9. The summed E-state index contributed by atoms with van der Waals surface area (Å²) in [6.07, 6.45) is 0.549. The van der Waals surface area contributed by atoms with Crippen molar-refractivity contribution in [3.63, 3.8) is 0 Å². The average Bonchev–Trinajstić information content (AvgIpc) is 3.49. The molecular formula is C30H36N4O5S2. The Morgan fingerprint density at radius 3 is 2.49 bits per heavy atom. The molecule has 11 heteroatoms. The number of aliphatic hydroxyl groups is 1. The minimum Gasteiger partial charge on any atom is -0.408 e. The molecule has 2 heterocycles. The van der Waals surface area contributed by atoms with Crippen molar-refractivity contribution >= 4 is 49.9 Å². The number of oxazole rings is 1. The van der Waals surface area contributed by atoms with Crippen molar-refractivity contribution in [2.45, 2.75) is 31.5 Å². The van der Waals surface area contributed by atoms with Crippen molar-refractivity contribution in [3.05, 3.63) is 106 Å². The number of carbonyl (C=O) groups excluding carboxylic acids is 2. The van der Waals surface area contributed by atoms with Crippen LogP contribution in [0.3, 0.4) is 0 Å². The molecule has 0 unspecified atom stereocenters. The summed E-state index contributed by atoms with van der Waals surface area (Å²) in [6, 6.07) is 21.8. The number of nitrogens with zero attached hydrogens (tertiary/aromatic N) is 3. The Hall–Kier alpha value is -3.51. The van der Waals surface area contributed by atoms with Gasteiger partial charge in [-0.25, -0.2) is 4.79 Å². The van der Waals surface area contributed by atoms with E-state index in [-0.39, 0.29) is 58.0 Å². The van der Waals surface area contributed by atoms with Crippen LogP contribution >= 0.6 is 27.0 Å². The zero-order valence-electron chi connectivity index (χ0n) is 22.8. The normalized spacial score (nSPS) is 15.6. The monoisotopic (exact) mass is 596 g/mol. The second-order valence-electron chi connectivity index (χ2n) is 10.1. The summed E-state index contributed by atoms with van der Waals surface area (Å²) in [4.78, 5) is 41.7. The molecule has 3 aromatic carbocycles. The lowest BCUT2D eigenvalue weighted by Crippen LogP contribution is -2.39. The van der Waals surface area contributed by atoms with Gasteiger partial charge in [0.05, 0.1) is 30.6 Å². The molecule has 2 amide bonds. The van der Waals surface area contributed by atoms with Crippen LogP contribution in [0, 0.1) is 0 Å². The number of β-amino-alcohol motifs (C(OH)–C–C–N with tert-alkyl or cyclic N) is 1. The number of aliphatic hydroxyl groups excluding tert-OH is 1. The van der Waals surface area contributed by atoms with E-state index in [9.17, 15) is 19.5 Å². The lowest BCUT2D eigenvalue weighted by atomic mass is 10.0. The van der Waals surface area contributed by atoms with Crippen LogP contribution in [0.25, 0.3) is 11.1 Å². The first-order chi connectivity index (χ1) is 18.8. The highest BCUT2D eigenvalue weighted by atomic mass is 32.1. The molecule has 218 valence electrons. The van der Waals surface area contributed by atoms with Crippen molar-refractivity contribution in [1.29, 1.82) is 0 Å². The first-order valence-electron chi connectivity index (χ1n) is 13.0. The third-order valence-electron chi connectivity index (χ3n) is 7.36. The number of likely N-dealkylation sites (tertiary alicyclic amines) is 1. The molecule has 1 saturated heterocycles. The SMILES string of the molecule is CN(C(=O)Cc1ccc2oc(=O)n(Cc3cccc(C(N)=O)c3)c2c1)[C@H](CN1CC[C@H](O)C1)c1ccccc1.S.S. The summed E-state index contributed by atoms with van der Waals surface area (Å²) in [6.45, 7) is 2.22. The van der Waals surface area contributed by atoms with Crippen LogP contribution in [0.4, 0.5) is 0 Å². The second-order valence-corrected chi connectivity index (χ2v) is 10.1. The van der Waals surface area contributed by atoms with Gasteiger partial charge in [0.2, 0.25) is 11.8 Å². The van der Waals surface area contributed by atoms with E-state index in [1.54, 1.807) is 41.3 Å². The van der Waals surface area contributed by atoms with Crippen LogP contribution in [0.2, 0.25) is 0 Å². The van der Waals surface area contributed by atoms with E-state index in [0.717, 1.165) is 29.7 Å². The largest absolute Gasteiger partial charge is 0.420 e. The van der Waals surface area contributed by atoms with Gasteiger partial charge in [-0.1, -0.05) is 48.5 Å². The van der Waals surface area contributed by atoms with Crippen LogP contribution in [-0.2, 0) is 17.8 Å². The molecule has 0 saturated carbocycles. The molecule has 1 aliphatic heterocycles. The predicted molar refractivity (Wildman–Crippen MR) is 168 cm³/mol. The van der Waals surface area contributed by atoms with Crippen LogP contribution in [0.15, 0.2) is 82.0 Å². The summed E-state index contributed by atoms with van der Waals surface area (Å²) in [5.41, 5.74) is 9.27. The smallest absolute Gasteiger partial charge is 0.408 e. The van der Waals surface area contributed by atoms with Crippen molar-refractivity contribution in [2.24, 2.45) is 5.73 Å². The Bertz CT molecular complexity index is 1560. The van der Waals surface area contributed by atoms with Crippen molar-refractivity contribution < 1.29 is 19.1 Å². The summed E-state index contributed by atoms with van der Waals surface area (Å²) < 4.78 is 6.91. The van der Waals surface area contributed by atoms with E-state index in [2.05, 4.69) is 4.90 Å². The third kappa shape index (κ3) is 7.42. The zero-order chi connectivity index (χ0) is 27.5. The van der Waals surface area contributed by atoms with E-state index >= 15 is 0 Å². The van der Waals surface area contributed by atoms with E-state index in [1.165, 1.54) is 4.57 Å². The maximum atomic E-state index is 13.5. The number of fused-ring (bicyclic) bond motifs is 1. The minimum absolute atomic E-state index is 0. The minimum atomic E-state index is -0.541. The zero-order valence-corrected chi connectivity index (χ0v) is 24.8. The fourth-order valence-corrected chi connectivity index (χ4v) is 5.20. The number of nitrogens with two attached hydrogens (primary N) is 1. The molecule has 3 N–H and O–H groups in total. The van der Waals surface area contributed by atoms with Crippen LogP contribution in [0.1, 0.15) is 39.5 Å². The molecule has 0 aliphatic carbocycles. The number of carbonyl (C=O) groups is 2. The molecule has 0 radical (unpaired) electrons. The maximum absolute atomic E-state index is 13.5. The Labute approximate surface area is 252 Å². The van der Waals surface area contributed by atoms with Gasteiger partial charge in [0.15, 0.2) is 5.58 Å². The molecule has 1 fully saturated rings. The average molecular weight is 597 g/mol. The Morgan fingerprint density at radius 2 is 1.80 bits per heavy atom. The topological polar surface area (TPSA) is 122 Å². The Balaban J connectivity index is 0.00000231. The molecule has 5 rings (SSSR count). The van der Waals surface area contributed by atoms with Crippen molar-refractivity contribution in [2.75, 3.05) is 26.7 Å². The number of hydrogen-bond acceptors (Lipinski definition) is 6. The number of primary amides is 1. The lowest BCUT2D eigenvalue weighted by molar-refractivity contribution is -0.131. The van der Waals surface area contributed by atoms with Crippen LogP contribution in [-0.4, -0.2) is 64.1 Å². The van der Waals surface area contributed by atoms with Gasteiger partial charge in [0.25, 0.3) is 0 Å². The summed E-state index contributed by atoms with van der Waals surface area (Å²) in [5, 5.41) is 9.99. The predicted octanol–water partition coefficient (Wildman–Crippen LogP) is 2.78. The second kappa shape index (κ2) is 13.9. The van der Waals surface area contributed by atoms with Gasteiger partial charge in [-0.15, -0.1) is 0 Å². The van der Waals surface area contributed by atoms with E-state index < -0.39 is 11.7 Å². The number of likely N-dealkylation sites (N-methyl/N-ethyl adjacent to an activating group) is 1. The van der Waals surface area contributed by atoms with E-state index in [0.29, 0.717) is 29.8 Å². The molecular weight excluding hydrogens is 560 g/mol. The van der Waals surface area contributed by atoms with E-state index in [4.69, 9.17) is 10.2 Å². The first kappa shape index (κ1) is 32.0. The van der Waals surface area contributed by atoms with Gasteiger partial charge >= 0.3 is 5.76 Å². The number of rotatable bonds is 9. The van der Waals surface area contributed by atoms with Gasteiger partial charge in [0, 0.05) is 32.2 Å². The van der Waals surface area contributed by atoms with Crippen LogP contribution in [0.5, 0.6) is 0 Å². The highest BCUT2D eigenvalue weighted by Gasteiger charge is 2.28. The summed E-state index contributed by atoms with van der Waals surface area (Å²) in [7, 11) is 1.81. The molecule has 1 aromatic heterocycles.